The maximum absolute atomic E-state index is 13.4. The van der Waals surface area contributed by atoms with Crippen LogP contribution in [0.15, 0.2) is 90.5 Å². The number of aliphatic hydroxyl groups is 1. The third-order valence-corrected chi connectivity index (χ3v) is 7.37. The van der Waals surface area contributed by atoms with Crippen LogP contribution in [0, 0.1) is 5.82 Å². The highest BCUT2D eigenvalue weighted by Crippen LogP contribution is 2.34. The van der Waals surface area contributed by atoms with Gasteiger partial charge in [0.1, 0.15) is 11.1 Å². The Morgan fingerprint density at radius 1 is 1.06 bits per heavy atom. The molecule has 4 aromatic rings. The lowest BCUT2D eigenvalue weighted by Gasteiger charge is -2.18. The zero-order valence-electron chi connectivity index (χ0n) is 17.3. The minimum Gasteiger partial charge on any atom is -0.389 e. The van der Waals surface area contributed by atoms with Gasteiger partial charge in [-0.25, -0.2) is 22.8 Å². The smallest absolute Gasteiger partial charge is 0.189 e. The Hall–Kier alpha value is -3.42. The molecule has 2 atom stereocenters. The molecule has 0 radical (unpaired) electrons. The molecule has 2 aromatic heterocycles. The van der Waals surface area contributed by atoms with Gasteiger partial charge in [-0.2, -0.15) is 0 Å². The molecule has 0 saturated carbocycles. The monoisotopic (exact) mass is 448 g/mol. The first-order chi connectivity index (χ1) is 15.3. The average Bonchev–Trinajstić information content (AvgIpc) is 2.79. The molecule has 7 heteroatoms. The molecule has 4 rings (SSSR count). The lowest BCUT2D eigenvalue weighted by molar-refractivity contribution is 0.196. The fourth-order valence-electron chi connectivity index (χ4n) is 3.63. The molecule has 0 fully saturated rings. The van der Waals surface area contributed by atoms with Crippen LogP contribution in [0.1, 0.15) is 29.4 Å². The second kappa shape index (κ2) is 8.61. The van der Waals surface area contributed by atoms with E-state index in [4.69, 9.17) is 0 Å². The first-order valence-electron chi connectivity index (χ1n) is 9.97. The quantitative estimate of drug-likeness (QED) is 0.411. The summed E-state index contributed by atoms with van der Waals surface area (Å²) in [5, 5.41) is 9.66. The Labute approximate surface area is 185 Å². The van der Waals surface area contributed by atoms with Crippen LogP contribution in [-0.4, -0.2) is 23.5 Å². The molecule has 32 heavy (non-hydrogen) atoms. The van der Waals surface area contributed by atoms with Gasteiger partial charge >= 0.3 is 0 Å². The van der Waals surface area contributed by atoms with E-state index < -0.39 is 21.2 Å². The largest absolute Gasteiger partial charge is 0.389 e. The van der Waals surface area contributed by atoms with Crippen LogP contribution in [0.5, 0.6) is 0 Å². The van der Waals surface area contributed by atoms with Crippen LogP contribution in [0.25, 0.3) is 22.3 Å². The number of benzene rings is 2. The lowest BCUT2D eigenvalue weighted by Crippen LogP contribution is -2.15. The molecule has 0 spiro atoms. The fraction of sp³-hybridized carbons (Fsp3) is 0.120. The van der Waals surface area contributed by atoms with Crippen LogP contribution in [0.2, 0.25) is 0 Å². The van der Waals surface area contributed by atoms with Gasteiger partial charge in [-0.15, -0.1) is 6.58 Å². The summed E-state index contributed by atoms with van der Waals surface area (Å²) in [6.45, 7) is 5.26. The first-order valence-corrected chi connectivity index (χ1v) is 11.5. The number of hydrogen-bond acceptors (Lipinski definition) is 5. The predicted molar refractivity (Wildman–Crippen MR) is 122 cm³/mol. The van der Waals surface area contributed by atoms with Gasteiger partial charge in [-0.3, -0.25) is 0 Å². The molecule has 0 saturated heterocycles. The van der Waals surface area contributed by atoms with E-state index in [0.29, 0.717) is 27.9 Å². The molecule has 1 N–H and O–H groups in total. The zero-order valence-corrected chi connectivity index (χ0v) is 18.1. The number of nitrogens with zero attached hydrogens (tertiary/aromatic N) is 2. The third kappa shape index (κ3) is 4.04. The molecule has 0 aliphatic heterocycles. The van der Waals surface area contributed by atoms with Gasteiger partial charge in [0.25, 0.3) is 0 Å². The SMILES string of the molecule is C=CC(c1cnc2nc(-c3ccc(F)cc3)ccc2c1)S(=O)(=O)c1ccccc1C(C)O. The summed E-state index contributed by atoms with van der Waals surface area (Å²) in [7, 11) is -3.88. The van der Waals surface area contributed by atoms with Crippen LogP contribution >= 0.6 is 0 Å². The third-order valence-electron chi connectivity index (χ3n) is 5.26. The van der Waals surface area contributed by atoms with E-state index in [1.165, 1.54) is 37.4 Å². The van der Waals surface area contributed by atoms with E-state index in [1.54, 1.807) is 48.5 Å². The Balaban J connectivity index is 1.75. The topological polar surface area (TPSA) is 80.2 Å². The molecular weight excluding hydrogens is 427 g/mol. The molecule has 2 unspecified atom stereocenters. The van der Waals surface area contributed by atoms with E-state index in [9.17, 15) is 17.9 Å². The van der Waals surface area contributed by atoms with Gasteiger partial charge in [-0.1, -0.05) is 24.3 Å². The molecular formula is C25H21FN2O3S. The molecule has 0 amide bonds. The van der Waals surface area contributed by atoms with Crippen molar-refractivity contribution < 1.29 is 17.9 Å². The number of rotatable bonds is 6. The molecule has 5 nitrogen and oxygen atoms in total. The maximum atomic E-state index is 13.4. The Bertz CT molecular complexity index is 1400. The van der Waals surface area contributed by atoms with Gasteiger partial charge in [0.05, 0.1) is 16.7 Å². The number of aliphatic hydroxyl groups excluding tert-OH is 1. The standard InChI is InChI=1S/C25H21FN2O3S/c1-3-23(32(30,31)24-7-5-4-6-21(24)16(2)29)19-14-18-10-13-22(28-25(18)27-15-19)17-8-11-20(26)12-9-17/h3-16,23,29H,1H2,2H3. The van der Waals surface area contributed by atoms with Crippen molar-refractivity contribution in [1.82, 2.24) is 9.97 Å². The van der Waals surface area contributed by atoms with Crippen LogP contribution in [0.3, 0.4) is 0 Å². The molecule has 0 aliphatic carbocycles. The van der Waals surface area contributed by atoms with Crippen molar-refractivity contribution in [1.29, 1.82) is 0 Å². The highest BCUT2D eigenvalue weighted by molar-refractivity contribution is 7.92. The Morgan fingerprint density at radius 3 is 2.47 bits per heavy atom. The van der Waals surface area contributed by atoms with E-state index >= 15 is 0 Å². The lowest BCUT2D eigenvalue weighted by atomic mass is 10.1. The summed E-state index contributed by atoms with van der Waals surface area (Å²) in [5.74, 6) is -0.328. The van der Waals surface area contributed by atoms with Crippen molar-refractivity contribution in [3.05, 3.63) is 103 Å². The summed E-state index contributed by atoms with van der Waals surface area (Å²) < 4.78 is 40.1. The second-order valence-corrected chi connectivity index (χ2v) is 9.47. The molecule has 162 valence electrons. The van der Waals surface area contributed by atoms with E-state index in [2.05, 4.69) is 16.5 Å². The van der Waals surface area contributed by atoms with Gasteiger partial charge in [0.15, 0.2) is 15.5 Å². The van der Waals surface area contributed by atoms with E-state index in [1.807, 2.05) is 0 Å². The number of halogens is 1. The Morgan fingerprint density at radius 2 is 1.78 bits per heavy atom. The van der Waals surface area contributed by atoms with Gasteiger partial charge in [0, 0.05) is 17.1 Å². The van der Waals surface area contributed by atoms with Gasteiger partial charge < -0.3 is 5.11 Å². The number of hydrogen-bond donors (Lipinski definition) is 1. The summed E-state index contributed by atoms with van der Waals surface area (Å²) in [4.78, 5) is 8.95. The average molecular weight is 449 g/mol. The summed E-state index contributed by atoms with van der Waals surface area (Å²) in [5.41, 5.74) is 2.61. The van der Waals surface area contributed by atoms with Crippen molar-refractivity contribution in [2.75, 3.05) is 0 Å². The van der Waals surface area contributed by atoms with Gasteiger partial charge in [0.2, 0.25) is 0 Å². The van der Waals surface area contributed by atoms with Crippen molar-refractivity contribution in [2.24, 2.45) is 0 Å². The summed E-state index contributed by atoms with van der Waals surface area (Å²) in [6.07, 6.45) is 1.89. The summed E-state index contributed by atoms with van der Waals surface area (Å²) >= 11 is 0. The van der Waals surface area contributed by atoms with Crippen LogP contribution in [0.4, 0.5) is 4.39 Å². The van der Waals surface area contributed by atoms with Crippen LogP contribution < -0.4 is 0 Å². The summed E-state index contributed by atoms with van der Waals surface area (Å²) in [6, 6.07) is 17.7. The highest BCUT2D eigenvalue weighted by atomic mass is 32.2. The molecule has 0 bridgehead atoms. The molecule has 2 aromatic carbocycles. The number of aromatic nitrogens is 2. The van der Waals surface area contributed by atoms with E-state index in [-0.39, 0.29) is 10.7 Å². The highest BCUT2D eigenvalue weighted by Gasteiger charge is 2.30. The van der Waals surface area contributed by atoms with Crippen molar-refractivity contribution in [3.8, 4) is 11.3 Å². The number of sulfone groups is 1. The molecule has 0 aliphatic rings. The van der Waals surface area contributed by atoms with E-state index in [0.717, 1.165) is 5.56 Å². The zero-order chi connectivity index (χ0) is 22.9. The number of pyridine rings is 2. The minimum atomic E-state index is -3.88. The predicted octanol–water partition coefficient (Wildman–Crippen LogP) is 5.19. The van der Waals surface area contributed by atoms with Crippen molar-refractivity contribution in [3.63, 3.8) is 0 Å². The maximum Gasteiger partial charge on any atom is 0.189 e. The van der Waals surface area contributed by atoms with Crippen molar-refractivity contribution >= 4 is 20.9 Å². The second-order valence-electron chi connectivity index (χ2n) is 7.43. The normalized spacial score (nSPS) is 13.6. The Kier molecular flexibility index (Phi) is 5.86. The van der Waals surface area contributed by atoms with Gasteiger partial charge in [-0.05, 0) is 66.6 Å². The molecule has 2 heterocycles. The first kappa shape index (κ1) is 21.8. The van der Waals surface area contributed by atoms with Crippen LogP contribution in [-0.2, 0) is 9.84 Å². The minimum absolute atomic E-state index is 0.0600. The number of fused-ring (bicyclic) bond motifs is 1. The fourth-order valence-corrected chi connectivity index (χ4v) is 5.48. The van der Waals surface area contributed by atoms with Crippen molar-refractivity contribution in [2.45, 2.75) is 23.2 Å².